The Morgan fingerprint density at radius 1 is 1.36 bits per heavy atom. The van der Waals surface area contributed by atoms with Crippen LogP contribution in [0.4, 0.5) is 0 Å². The van der Waals surface area contributed by atoms with Gasteiger partial charge >= 0.3 is 5.97 Å². The van der Waals surface area contributed by atoms with Crippen LogP contribution in [0.25, 0.3) is 0 Å². The van der Waals surface area contributed by atoms with E-state index in [0.29, 0.717) is 5.56 Å². The predicted octanol–water partition coefficient (Wildman–Crippen LogP) is 2.82. The Kier molecular flexibility index (Phi) is 5.37. The third kappa shape index (κ3) is 3.47. The fourth-order valence-corrected chi connectivity index (χ4v) is 0.832. The van der Waals surface area contributed by atoms with Crippen LogP contribution in [0.1, 0.15) is 36.2 Å². The summed E-state index contributed by atoms with van der Waals surface area (Å²) < 4.78 is 0. The molecule has 1 aromatic carbocycles. The number of benzene rings is 1. The molecule has 0 fully saturated rings. The number of carbonyl (C=O) groups is 1. The maximum atomic E-state index is 10.4. The van der Waals surface area contributed by atoms with Crippen molar-refractivity contribution in [1.82, 2.24) is 0 Å². The van der Waals surface area contributed by atoms with Crippen molar-refractivity contribution in [3.05, 3.63) is 29.3 Å². The highest BCUT2D eigenvalue weighted by atomic mass is 16.4. The third-order valence-electron chi connectivity index (χ3n) is 1.47. The van der Waals surface area contributed by atoms with Gasteiger partial charge in [0.1, 0.15) is 11.3 Å². The molecule has 0 saturated carbocycles. The second-order valence-electron chi connectivity index (χ2n) is 2.98. The molecular weight excluding hydrogens is 180 g/mol. The molecule has 0 amide bonds. The zero-order valence-corrected chi connectivity index (χ0v) is 8.74. The number of rotatable bonds is 1. The van der Waals surface area contributed by atoms with Crippen LogP contribution in [0.15, 0.2) is 18.2 Å². The van der Waals surface area contributed by atoms with Crippen LogP contribution in [0.3, 0.4) is 0 Å². The Morgan fingerprint density at radius 2 is 1.86 bits per heavy atom. The number of hydrogen-bond acceptors (Lipinski definition) is 2. The monoisotopic (exact) mass is 196 g/mol. The Bertz CT molecular complexity index is 305. The lowest BCUT2D eigenvalue weighted by molar-refractivity contribution is 0.0693. The Hall–Kier alpha value is -1.51. The van der Waals surface area contributed by atoms with Gasteiger partial charge in [0.2, 0.25) is 0 Å². The van der Waals surface area contributed by atoms with Gasteiger partial charge in [-0.05, 0) is 18.6 Å². The van der Waals surface area contributed by atoms with Crippen LogP contribution in [-0.2, 0) is 0 Å². The molecule has 0 heterocycles. The highest BCUT2D eigenvalue weighted by Crippen LogP contribution is 2.20. The standard InChI is InChI=1S/C8H8O3.C3H8/c1-5-3-2-4-6(7(5)9)8(10)11;1-3-2/h2-4,9H,1H3,(H,10,11);3H2,1-2H3. The van der Waals surface area contributed by atoms with Gasteiger partial charge in [-0.15, -0.1) is 0 Å². The number of phenols is 1. The summed E-state index contributed by atoms with van der Waals surface area (Å²) in [6.07, 6.45) is 1.25. The van der Waals surface area contributed by atoms with E-state index in [-0.39, 0.29) is 11.3 Å². The zero-order valence-electron chi connectivity index (χ0n) is 8.74. The Morgan fingerprint density at radius 3 is 2.21 bits per heavy atom. The molecular formula is C11H16O3. The summed E-state index contributed by atoms with van der Waals surface area (Å²) in [5.41, 5.74) is 0.523. The summed E-state index contributed by atoms with van der Waals surface area (Å²) in [6.45, 7) is 5.90. The van der Waals surface area contributed by atoms with E-state index >= 15 is 0 Å². The fourth-order valence-electron chi connectivity index (χ4n) is 0.832. The SMILES string of the molecule is CCC.Cc1cccc(C(=O)O)c1O. The highest BCUT2D eigenvalue weighted by Gasteiger charge is 2.09. The molecule has 0 saturated heterocycles. The van der Waals surface area contributed by atoms with Gasteiger partial charge < -0.3 is 10.2 Å². The van der Waals surface area contributed by atoms with E-state index in [0.717, 1.165) is 0 Å². The molecule has 0 aromatic heterocycles. The minimum Gasteiger partial charge on any atom is -0.507 e. The second-order valence-corrected chi connectivity index (χ2v) is 2.98. The summed E-state index contributed by atoms with van der Waals surface area (Å²) >= 11 is 0. The average molecular weight is 196 g/mol. The van der Waals surface area contributed by atoms with Crippen LogP contribution in [-0.4, -0.2) is 16.2 Å². The lowest BCUT2D eigenvalue weighted by atomic mass is 10.1. The molecule has 0 bridgehead atoms. The summed E-state index contributed by atoms with van der Waals surface area (Å²) in [5, 5.41) is 17.7. The number of hydrogen-bond donors (Lipinski definition) is 2. The molecule has 0 aliphatic rings. The first kappa shape index (κ1) is 12.5. The predicted molar refractivity (Wildman–Crippen MR) is 55.8 cm³/mol. The normalized spacial score (nSPS) is 8.79. The van der Waals surface area contributed by atoms with Crippen molar-refractivity contribution in [2.75, 3.05) is 0 Å². The summed E-state index contributed by atoms with van der Waals surface area (Å²) in [5.74, 6) is -1.26. The average Bonchev–Trinajstić information content (AvgIpc) is 2.10. The molecule has 1 rings (SSSR count). The summed E-state index contributed by atoms with van der Waals surface area (Å²) in [6, 6.07) is 4.62. The van der Waals surface area contributed by atoms with E-state index in [1.807, 2.05) is 0 Å². The van der Waals surface area contributed by atoms with Crippen molar-refractivity contribution < 1.29 is 15.0 Å². The van der Waals surface area contributed by atoms with Gasteiger partial charge in [0.15, 0.2) is 0 Å². The summed E-state index contributed by atoms with van der Waals surface area (Å²) in [4.78, 5) is 10.4. The minimum absolute atomic E-state index is 0.0509. The maximum Gasteiger partial charge on any atom is 0.339 e. The molecule has 3 heteroatoms. The Balaban J connectivity index is 0.000000500. The number of carboxylic acids is 1. The van der Waals surface area contributed by atoms with Gasteiger partial charge in [-0.2, -0.15) is 0 Å². The molecule has 1 aromatic rings. The van der Waals surface area contributed by atoms with Crippen LogP contribution < -0.4 is 0 Å². The molecule has 0 aliphatic heterocycles. The topological polar surface area (TPSA) is 57.5 Å². The lowest BCUT2D eigenvalue weighted by Crippen LogP contribution is -1.96. The van der Waals surface area contributed by atoms with Crippen molar-refractivity contribution >= 4 is 5.97 Å². The van der Waals surface area contributed by atoms with Crippen LogP contribution in [0, 0.1) is 6.92 Å². The van der Waals surface area contributed by atoms with Gasteiger partial charge in [-0.3, -0.25) is 0 Å². The van der Waals surface area contributed by atoms with Crippen LogP contribution >= 0.6 is 0 Å². The second kappa shape index (κ2) is 6.02. The van der Waals surface area contributed by atoms with Crippen molar-refractivity contribution in [3.8, 4) is 5.75 Å². The van der Waals surface area contributed by atoms with E-state index < -0.39 is 5.97 Å². The van der Waals surface area contributed by atoms with E-state index in [1.165, 1.54) is 12.5 Å². The number of aromatic hydroxyl groups is 1. The first-order valence-electron chi connectivity index (χ1n) is 4.56. The molecule has 0 radical (unpaired) electrons. The molecule has 0 aliphatic carbocycles. The third-order valence-corrected chi connectivity index (χ3v) is 1.47. The van der Waals surface area contributed by atoms with E-state index in [1.54, 1.807) is 19.1 Å². The molecule has 0 spiro atoms. The van der Waals surface area contributed by atoms with Crippen LogP contribution in [0.5, 0.6) is 5.75 Å². The van der Waals surface area contributed by atoms with Crippen LogP contribution in [0.2, 0.25) is 0 Å². The van der Waals surface area contributed by atoms with E-state index in [9.17, 15) is 9.90 Å². The molecule has 0 atom stereocenters. The number of carboxylic acid groups (broad SMARTS) is 1. The number of aryl methyl sites for hydroxylation is 1. The minimum atomic E-state index is -1.11. The highest BCUT2D eigenvalue weighted by molar-refractivity contribution is 5.91. The van der Waals surface area contributed by atoms with Gasteiger partial charge in [0.25, 0.3) is 0 Å². The first-order chi connectivity index (χ1) is 6.54. The fraction of sp³-hybridized carbons (Fsp3) is 0.364. The molecule has 3 nitrogen and oxygen atoms in total. The molecule has 2 N–H and O–H groups in total. The molecule has 14 heavy (non-hydrogen) atoms. The smallest absolute Gasteiger partial charge is 0.339 e. The van der Waals surface area contributed by atoms with Gasteiger partial charge in [0.05, 0.1) is 0 Å². The quantitative estimate of drug-likeness (QED) is 0.726. The maximum absolute atomic E-state index is 10.4. The lowest BCUT2D eigenvalue weighted by Gasteiger charge is -2.00. The first-order valence-corrected chi connectivity index (χ1v) is 4.56. The molecule has 78 valence electrons. The molecule has 0 unspecified atom stereocenters. The van der Waals surface area contributed by atoms with Gasteiger partial charge in [0, 0.05) is 0 Å². The number of aromatic carboxylic acids is 1. The largest absolute Gasteiger partial charge is 0.507 e. The van der Waals surface area contributed by atoms with Crippen molar-refractivity contribution in [3.63, 3.8) is 0 Å². The Labute approximate surface area is 84.0 Å². The zero-order chi connectivity index (χ0) is 11.1. The summed E-state index contributed by atoms with van der Waals surface area (Å²) in [7, 11) is 0. The van der Waals surface area contributed by atoms with Crippen molar-refractivity contribution in [1.29, 1.82) is 0 Å². The van der Waals surface area contributed by atoms with Crippen molar-refractivity contribution in [2.24, 2.45) is 0 Å². The van der Waals surface area contributed by atoms with E-state index in [2.05, 4.69) is 13.8 Å². The van der Waals surface area contributed by atoms with Gasteiger partial charge in [-0.25, -0.2) is 4.79 Å². The number of para-hydroxylation sites is 1. The van der Waals surface area contributed by atoms with Gasteiger partial charge in [-0.1, -0.05) is 32.4 Å². The van der Waals surface area contributed by atoms with E-state index in [4.69, 9.17) is 5.11 Å². The van der Waals surface area contributed by atoms with Crippen molar-refractivity contribution in [2.45, 2.75) is 27.2 Å².